The van der Waals surface area contributed by atoms with Crippen LogP contribution in [0.5, 0.6) is 0 Å². The fourth-order valence-corrected chi connectivity index (χ4v) is 6.26. The van der Waals surface area contributed by atoms with Gasteiger partial charge in [0, 0.05) is 11.5 Å². The molecule has 2 saturated carbocycles. The van der Waals surface area contributed by atoms with E-state index in [0.29, 0.717) is 5.92 Å². The van der Waals surface area contributed by atoms with E-state index < -0.39 is 0 Å². The van der Waals surface area contributed by atoms with Crippen LogP contribution in [-0.4, -0.2) is 10.2 Å². The average molecular weight is 433 g/mol. The molecule has 0 bridgehead atoms. The van der Waals surface area contributed by atoms with Crippen molar-refractivity contribution in [2.75, 3.05) is 0 Å². The Kier molecular flexibility index (Phi) is 8.77. The smallest absolute Gasteiger partial charge is 0.0929 e. The van der Waals surface area contributed by atoms with Crippen LogP contribution in [0.15, 0.2) is 36.4 Å². The molecule has 2 aliphatic carbocycles. The van der Waals surface area contributed by atoms with E-state index in [9.17, 15) is 0 Å². The average Bonchev–Trinajstić information content (AvgIpc) is 2.86. The van der Waals surface area contributed by atoms with Crippen molar-refractivity contribution in [3.63, 3.8) is 0 Å². The molecule has 2 fully saturated rings. The van der Waals surface area contributed by atoms with Crippen LogP contribution >= 0.6 is 0 Å². The molecule has 0 unspecified atom stereocenters. The zero-order valence-corrected chi connectivity index (χ0v) is 20.6. The Bertz CT molecular complexity index is 779. The molecule has 32 heavy (non-hydrogen) atoms. The normalized spacial score (nSPS) is 26.2. The van der Waals surface area contributed by atoms with Gasteiger partial charge in [0.05, 0.1) is 11.4 Å². The summed E-state index contributed by atoms with van der Waals surface area (Å²) < 4.78 is 0. The van der Waals surface area contributed by atoms with Gasteiger partial charge in [0.15, 0.2) is 0 Å². The summed E-state index contributed by atoms with van der Waals surface area (Å²) in [6.07, 6.45) is 19.2. The SMILES string of the molecule is CCCCC[C@H]1CC[C@H](c2ccc(-c3ccc([C@H]4CC[C@H](CCC)CC4)nn3)cc2)CC1. The lowest BCUT2D eigenvalue weighted by molar-refractivity contribution is 0.303. The molecule has 174 valence electrons. The maximum atomic E-state index is 4.65. The van der Waals surface area contributed by atoms with E-state index in [-0.39, 0.29) is 0 Å². The monoisotopic (exact) mass is 432 g/mol. The summed E-state index contributed by atoms with van der Waals surface area (Å²) in [6, 6.07) is 13.7. The van der Waals surface area contributed by atoms with Crippen LogP contribution in [0.3, 0.4) is 0 Å². The number of hydrogen-bond acceptors (Lipinski definition) is 2. The summed E-state index contributed by atoms with van der Waals surface area (Å²) in [4.78, 5) is 0. The zero-order valence-electron chi connectivity index (χ0n) is 20.6. The molecule has 4 rings (SSSR count). The highest BCUT2D eigenvalue weighted by Crippen LogP contribution is 2.39. The summed E-state index contributed by atoms with van der Waals surface area (Å²) in [6.45, 7) is 4.61. The predicted molar refractivity (Wildman–Crippen MR) is 136 cm³/mol. The van der Waals surface area contributed by atoms with E-state index in [2.05, 4.69) is 60.4 Å². The Balaban J connectivity index is 1.29. The summed E-state index contributed by atoms with van der Waals surface area (Å²) in [5, 5.41) is 9.27. The quantitative estimate of drug-likeness (QED) is 0.369. The lowest BCUT2D eigenvalue weighted by atomic mass is 9.77. The summed E-state index contributed by atoms with van der Waals surface area (Å²) in [5.41, 5.74) is 4.94. The van der Waals surface area contributed by atoms with Crippen molar-refractivity contribution in [2.24, 2.45) is 11.8 Å². The number of aromatic nitrogens is 2. The molecule has 0 N–H and O–H groups in total. The molecule has 0 saturated heterocycles. The third-order valence-corrected chi connectivity index (χ3v) is 8.39. The molecular weight excluding hydrogens is 388 g/mol. The van der Waals surface area contributed by atoms with Gasteiger partial charge in [-0.3, -0.25) is 0 Å². The van der Waals surface area contributed by atoms with Crippen molar-refractivity contribution in [2.45, 2.75) is 116 Å². The van der Waals surface area contributed by atoms with Gasteiger partial charge in [-0.15, -0.1) is 0 Å². The highest BCUT2D eigenvalue weighted by molar-refractivity contribution is 5.59. The largest absolute Gasteiger partial charge is 0.155 e. The second-order valence-electron chi connectivity index (χ2n) is 10.7. The van der Waals surface area contributed by atoms with Crippen LogP contribution in [-0.2, 0) is 0 Å². The van der Waals surface area contributed by atoms with Gasteiger partial charge in [0.1, 0.15) is 0 Å². The van der Waals surface area contributed by atoms with E-state index in [1.54, 1.807) is 0 Å². The maximum absolute atomic E-state index is 4.65. The van der Waals surface area contributed by atoms with Crippen molar-refractivity contribution in [3.05, 3.63) is 47.7 Å². The molecule has 0 amide bonds. The Morgan fingerprint density at radius 1 is 0.625 bits per heavy atom. The number of benzene rings is 1. The van der Waals surface area contributed by atoms with Crippen molar-refractivity contribution < 1.29 is 0 Å². The third-order valence-electron chi connectivity index (χ3n) is 8.39. The molecule has 0 radical (unpaired) electrons. The first-order chi connectivity index (χ1) is 15.8. The molecule has 2 aliphatic rings. The first-order valence-corrected chi connectivity index (χ1v) is 13.7. The molecule has 1 aromatic carbocycles. The molecule has 0 atom stereocenters. The minimum absolute atomic E-state index is 0.615. The van der Waals surface area contributed by atoms with Gasteiger partial charge in [0.2, 0.25) is 0 Å². The minimum Gasteiger partial charge on any atom is -0.155 e. The van der Waals surface area contributed by atoms with Gasteiger partial charge in [-0.25, -0.2) is 0 Å². The Hall–Kier alpha value is -1.70. The Morgan fingerprint density at radius 3 is 1.88 bits per heavy atom. The van der Waals surface area contributed by atoms with Crippen molar-refractivity contribution in [1.82, 2.24) is 10.2 Å². The number of hydrogen-bond donors (Lipinski definition) is 0. The fraction of sp³-hybridized carbons (Fsp3) is 0.667. The van der Waals surface area contributed by atoms with Crippen LogP contribution in [0.4, 0.5) is 0 Å². The molecule has 0 spiro atoms. The molecule has 1 aromatic heterocycles. The number of unbranched alkanes of at least 4 members (excludes halogenated alkanes) is 2. The van der Waals surface area contributed by atoms with Crippen molar-refractivity contribution in [1.29, 1.82) is 0 Å². The third kappa shape index (κ3) is 6.21. The van der Waals surface area contributed by atoms with Crippen molar-refractivity contribution >= 4 is 0 Å². The topological polar surface area (TPSA) is 25.8 Å². The van der Waals surface area contributed by atoms with E-state index >= 15 is 0 Å². The second kappa shape index (κ2) is 12.0. The van der Waals surface area contributed by atoms with Gasteiger partial charge < -0.3 is 0 Å². The lowest BCUT2D eigenvalue weighted by Crippen LogP contribution is -2.14. The van der Waals surface area contributed by atoms with E-state index in [0.717, 1.165) is 23.4 Å². The highest BCUT2D eigenvalue weighted by atomic mass is 15.1. The fourth-order valence-electron chi connectivity index (χ4n) is 6.26. The van der Waals surface area contributed by atoms with Gasteiger partial charge in [-0.2, -0.15) is 10.2 Å². The summed E-state index contributed by atoms with van der Waals surface area (Å²) >= 11 is 0. The zero-order chi connectivity index (χ0) is 22.2. The second-order valence-corrected chi connectivity index (χ2v) is 10.7. The van der Waals surface area contributed by atoms with Crippen LogP contribution < -0.4 is 0 Å². The Labute approximate surface area is 196 Å². The van der Waals surface area contributed by atoms with Crippen LogP contribution in [0.2, 0.25) is 0 Å². The molecule has 0 aliphatic heterocycles. The van der Waals surface area contributed by atoms with Crippen LogP contribution in [0.25, 0.3) is 11.3 Å². The molecule has 2 nitrogen and oxygen atoms in total. The number of rotatable bonds is 9. The Morgan fingerprint density at radius 2 is 1.28 bits per heavy atom. The standard InChI is InChI=1S/C30H44N2/c1-3-5-6-8-24-9-13-25(14-10-24)26-17-19-28(20-18-26)30-22-21-29(31-32-30)27-15-11-23(7-4-2)12-16-27/h17-25,27H,3-16H2,1-2H3/t23-,24-,25-,27-. The lowest BCUT2D eigenvalue weighted by Gasteiger charge is -2.29. The molecular formula is C30H44N2. The molecule has 2 aromatic rings. The number of nitrogens with zero attached hydrogens (tertiary/aromatic N) is 2. The first kappa shape index (κ1) is 23.5. The van der Waals surface area contributed by atoms with Gasteiger partial charge in [0.25, 0.3) is 0 Å². The van der Waals surface area contributed by atoms with Crippen LogP contribution in [0.1, 0.15) is 127 Å². The van der Waals surface area contributed by atoms with Crippen molar-refractivity contribution in [3.8, 4) is 11.3 Å². The van der Waals surface area contributed by atoms with E-state index in [4.69, 9.17) is 0 Å². The highest BCUT2D eigenvalue weighted by Gasteiger charge is 2.24. The molecule has 2 heteroatoms. The first-order valence-electron chi connectivity index (χ1n) is 13.7. The van der Waals surface area contributed by atoms with Gasteiger partial charge in [-0.05, 0) is 86.8 Å². The predicted octanol–water partition coefficient (Wildman–Crippen LogP) is 9.07. The van der Waals surface area contributed by atoms with Gasteiger partial charge in [-0.1, -0.05) is 76.6 Å². The van der Waals surface area contributed by atoms with Gasteiger partial charge >= 0.3 is 0 Å². The van der Waals surface area contributed by atoms with Crippen LogP contribution in [0, 0.1) is 11.8 Å². The maximum Gasteiger partial charge on any atom is 0.0929 e. The minimum atomic E-state index is 0.615. The summed E-state index contributed by atoms with van der Waals surface area (Å²) in [7, 11) is 0. The van der Waals surface area contributed by atoms with E-state index in [1.807, 2.05) is 0 Å². The molecule has 1 heterocycles. The summed E-state index contributed by atoms with van der Waals surface area (Å²) in [5.74, 6) is 3.29. The van der Waals surface area contributed by atoms with E-state index in [1.165, 1.54) is 107 Å².